The Bertz CT molecular complexity index is 1700. The average Bonchev–Trinajstić information content (AvgIpc) is 3.72. The predicted molar refractivity (Wildman–Crippen MR) is 182 cm³/mol. The van der Waals surface area contributed by atoms with Crippen molar-refractivity contribution in [3.63, 3.8) is 0 Å². The molecule has 1 saturated carbocycles. The highest BCUT2D eigenvalue weighted by molar-refractivity contribution is 6.36. The molecule has 5 aliphatic rings. The van der Waals surface area contributed by atoms with Crippen molar-refractivity contribution in [3.8, 4) is 6.01 Å². The van der Waals surface area contributed by atoms with Gasteiger partial charge in [-0.05, 0) is 69.1 Å². The zero-order valence-corrected chi connectivity index (χ0v) is 27.7. The minimum Gasteiger partial charge on any atom is -0.462 e. The predicted octanol–water partition coefficient (Wildman–Crippen LogP) is 4.82. The second-order valence-electron chi connectivity index (χ2n) is 13.8. The summed E-state index contributed by atoms with van der Waals surface area (Å²) in [6, 6.07) is 12.9. The Hall–Kier alpha value is -3.65. The number of hydrogen-bond acceptors (Lipinski definition) is 8. The van der Waals surface area contributed by atoms with Gasteiger partial charge in [-0.15, -0.1) is 0 Å². The van der Waals surface area contributed by atoms with E-state index in [1.807, 2.05) is 17.0 Å². The summed E-state index contributed by atoms with van der Waals surface area (Å²) in [5.74, 6) is 1.44. The first kappa shape index (κ1) is 30.7. The Morgan fingerprint density at radius 3 is 2.66 bits per heavy atom. The van der Waals surface area contributed by atoms with E-state index in [0.29, 0.717) is 50.8 Å². The fourth-order valence-corrected chi connectivity index (χ4v) is 8.31. The maximum absolute atomic E-state index is 13.6. The van der Waals surface area contributed by atoms with Gasteiger partial charge in [0.05, 0.1) is 23.4 Å². The molecule has 4 fully saturated rings. The zero-order chi connectivity index (χ0) is 32.1. The molecule has 0 radical (unpaired) electrons. The monoisotopic (exact) mass is 655 g/mol. The molecule has 4 aliphatic heterocycles. The number of halogens is 1. The van der Waals surface area contributed by atoms with E-state index in [-0.39, 0.29) is 30.7 Å². The van der Waals surface area contributed by atoms with Crippen molar-refractivity contribution in [2.45, 2.75) is 69.4 Å². The Morgan fingerprint density at radius 1 is 1.04 bits per heavy atom. The van der Waals surface area contributed by atoms with E-state index in [1.165, 1.54) is 12.8 Å². The highest BCUT2D eigenvalue weighted by Crippen LogP contribution is 2.43. The Balaban J connectivity index is 1.08. The van der Waals surface area contributed by atoms with E-state index in [9.17, 15) is 4.79 Å². The molecule has 0 N–H and O–H groups in total. The van der Waals surface area contributed by atoms with Crippen molar-refractivity contribution in [2.75, 3.05) is 62.7 Å². The fraction of sp³-hybridized carbons (Fsp3) is 0.556. The number of fused-ring (bicyclic) bond motifs is 2. The van der Waals surface area contributed by atoms with Gasteiger partial charge in [-0.2, -0.15) is 9.97 Å². The van der Waals surface area contributed by atoms with E-state index in [1.54, 1.807) is 0 Å². The molecule has 1 amide bonds. The number of likely N-dealkylation sites (N-methyl/N-ethyl adjacent to an activating group) is 1. The van der Waals surface area contributed by atoms with Crippen LogP contribution in [0.3, 0.4) is 0 Å². The van der Waals surface area contributed by atoms with E-state index in [4.69, 9.17) is 37.6 Å². The molecular weight excluding hydrogens is 614 g/mol. The number of anilines is 2. The van der Waals surface area contributed by atoms with Crippen LogP contribution in [0.15, 0.2) is 36.4 Å². The maximum Gasteiger partial charge on any atom is 0.318 e. The first-order valence-electron chi connectivity index (χ1n) is 17.2. The van der Waals surface area contributed by atoms with Crippen molar-refractivity contribution >= 4 is 39.8 Å². The number of rotatable bonds is 8. The van der Waals surface area contributed by atoms with E-state index in [0.717, 1.165) is 77.3 Å². The largest absolute Gasteiger partial charge is 0.462 e. The second-order valence-corrected chi connectivity index (χ2v) is 14.2. The molecule has 4 atom stereocenters. The number of hydrogen-bond donors (Lipinski definition) is 0. The summed E-state index contributed by atoms with van der Waals surface area (Å²) in [7, 11) is 2.15. The van der Waals surface area contributed by atoms with E-state index < -0.39 is 0 Å². The van der Waals surface area contributed by atoms with Crippen LogP contribution in [-0.4, -0.2) is 103 Å². The van der Waals surface area contributed by atoms with Crippen LogP contribution in [0.25, 0.3) is 15.6 Å². The lowest BCUT2D eigenvalue weighted by Crippen LogP contribution is -2.58. The first-order valence-corrected chi connectivity index (χ1v) is 17.6. The third kappa shape index (κ3) is 5.87. The minimum atomic E-state index is -0.339. The SMILES string of the molecule is [C-]#[N+]C[C@H]1CN(c2nc(OC[C@@H]3CCCN3C)nc3c2CCN(c2cccc4cccc(Cl)c24)C3)CCN1C(=O)[C@H]1O[C@@H]1C1CCC1. The van der Waals surface area contributed by atoms with Crippen LogP contribution >= 0.6 is 11.6 Å². The number of carbonyl (C=O) groups is 1. The number of benzene rings is 2. The van der Waals surface area contributed by atoms with Crippen LogP contribution in [0.5, 0.6) is 6.01 Å². The lowest BCUT2D eigenvalue weighted by atomic mass is 9.81. The normalized spacial score (nSPS) is 26.2. The summed E-state index contributed by atoms with van der Waals surface area (Å²) < 4.78 is 12.2. The summed E-state index contributed by atoms with van der Waals surface area (Å²) in [6.45, 7) is 12.7. The Labute approximate surface area is 281 Å². The van der Waals surface area contributed by atoms with Gasteiger partial charge < -0.3 is 33.9 Å². The summed E-state index contributed by atoms with van der Waals surface area (Å²) in [5.41, 5.74) is 3.17. The molecule has 3 saturated heterocycles. The van der Waals surface area contributed by atoms with Gasteiger partial charge in [-0.25, -0.2) is 6.57 Å². The van der Waals surface area contributed by atoms with Crippen molar-refractivity contribution in [1.29, 1.82) is 0 Å². The van der Waals surface area contributed by atoms with Crippen molar-refractivity contribution < 1.29 is 14.3 Å². The number of piperazine rings is 1. The molecule has 0 unspecified atom stereocenters. The first-order chi connectivity index (χ1) is 23.0. The second kappa shape index (κ2) is 12.8. The molecule has 47 heavy (non-hydrogen) atoms. The van der Waals surface area contributed by atoms with Gasteiger partial charge in [0.25, 0.3) is 5.91 Å². The van der Waals surface area contributed by atoms with Crippen molar-refractivity contribution in [2.24, 2.45) is 5.92 Å². The Morgan fingerprint density at radius 2 is 1.89 bits per heavy atom. The fourth-order valence-electron chi connectivity index (χ4n) is 8.03. The maximum atomic E-state index is 13.6. The zero-order valence-electron chi connectivity index (χ0n) is 27.0. The Kier molecular flexibility index (Phi) is 8.32. The van der Waals surface area contributed by atoms with Gasteiger partial charge in [-0.1, -0.05) is 42.3 Å². The number of likely N-dealkylation sites (tertiary alicyclic amines) is 1. The van der Waals surface area contributed by atoms with Crippen LogP contribution in [0, 0.1) is 12.5 Å². The molecule has 246 valence electrons. The molecule has 3 aromatic rings. The summed E-state index contributed by atoms with van der Waals surface area (Å²) in [5, 5.41) is 2.91. The summed E-state index contributed by atoms with van der Waals surface area (Å²) in [4.78, 5) is 36.3. The smallest absolute Gasteiger partial charge is 0.318 e. The molecule has 0 bridgehead atoms. The molecule has 8 rings (SSSR count). The van der Waals surface area contributed by atoms with Gasteiger partial charge >= 0.3 is 6.01 Å². The molecule has 0 spiro atoms. The van der Waals surface area contributed by atoms with Gasteiger partial charge in [0.2, 0.25) is 6.54 Å². The number of ether oxygens (including phenoxy) is 2. The summed E-state index contributed by atoms with van der Waals surface area (Å²) >= 11 is 6.74. The van der Waals surface area contributed by atoms with Crippen molar-refractivity contribution in [1.82, 2.24) is 19.8 Å². The molecule has 5 heterocycles. The van der Waals surface area contributed by atoms with Gasteiger partial charge in [0.15, 0.2) is 6.10 Å². The third-order valence-corrected chi connectivity index (χ3v) is 11.3. The number of carbonyl (C=O) groups excluding carboxylic acids is 1. The van der Waals surface area contributed by atoms with Crippen LogP contribution in [0.1, 0.15) is 43.4 Å². The molecular formula is C36H42ClN7O3. The van der Waals surface area contributed by atoms with E-state index >= 15 is 0 Å². The van der Waals surface area contributed by atoms with E-state index in [2.05, 4.69) is 50.9 Å². The number of amides is 1. The van der Waals surface area contributed by atoms with Gasteiger partial charge in [0.1, 0.15) is 18.5 Å². The number of epoxide rings is 1. The van der Waals surface area contributed by atoms with Crippen LogP contribution in [0.2, 0.25) is 5.02 Å². The quantitative estimate of drug-likeness (QED) is 0.252. The van der Waals surface area contributed by atoms with Crippen LogP contribution in [-0.2, 0) is 22.5 Å². The molecule has 2 aromatic carbocycles. The minimum absolute atomic E-state index is 0.0500. The highest BCUT2D eigenvalue weighted by atomic mass is 35.5. The lowest BCUT2D eigenvalue weighted by molar-refractivity contribution is -0.135. The lowest BCUT2D eigenvalue weighted by Gasteiger charge is -2.41. The number of nitrogens with zero attached hydrogens (tertiary/aromatic N) is 7. The van der Waals surface area contributed by atoms with Crippen molar-refractivity contribution in [3.05, 3.63) is 64.1 Å². The molecule has 11 heteroatoms. The number of aromatic nitrogens is 2. The average molecular weight is 656 g/mol. The third-order valence-electron chi connectivity index (χ3n) is 11.0. The summed E-state index contributed by atoms with van der Waals surface area (Å²) in [6.07, 6.45) is 6.29. The topological polar surface area (TPSA) is 81.9 Å². The standard InChI is InChI=1S/C36H42ClN7O3/c1-38-19-26-20-43(17-18-44(26)35(45)33-32(47-33)24-9-3-10-24)34-27-14-16-42(30-13-5-8-23-7-4-12-28(37)31(23)30)21-29(27)39-36(40-34)46-22-25-11-6-15-41(25)2/h4-5,7-8,12-13,24-26,32-33H,3,6,9-11,14-22H2,2H3/t25-,26-,32+,33-/m0/s1. The van der Waals surface area contributed by atoms with Crippen LogP contribution in [0.4, 0.5) is 11.5 Å². The molecule has 1 aliphatic carbocycles. The van der Waals surface area contributed by atoms with Gasteiger partial charge in [0, 0.05) is 48.9 Å². The molecule has 1 aromatic heterocycles. The van der Waals surface area contributed by atoms with Crippen LogP contribution < -0.4 is 14.5 Å². The molecule has 10 nitrogen and oxygen atoms in total. The highest BCUT2D eigenvalue weighted by Gasteiger charge is 2.54. The van der Waals surface area contributed by atoms with Gasteiger partial charge in [-0.3, -0.25) is 4.79 Å².